The van der Waals surface area contributed by atoms with E-state index in [2.05, 4.69) is 53.5 Å². The van der Waals surface area contributed by atoms with Gasteiger partial charge in [-0.25, -0.2) is 4.79 Å². The largest absolute Gasteiger partial charge is 0.481 e. The first-order valence-electron chi connectivity index (χ1n) is 12.9. The fourth-order valence-corrected chi connectivity index (χ4v) is 5.47. The lowest BCUT2D eigenvalue weighted by Crippen LogP contribution is -2.35. The van der Waals surface area contributed by atoms with Crippen LogP contribution < -0.4 is 0 Å². The van der Waals surface area contributed by atoms with Gasteiger partial charge in [-0.2, -0.15) is 0 Å². The lowest BCUT2D eigenvalue weighted by atomic mass is 9.75. The molecule has 0 aliphatic carbocycles. The molecular formula is C32H32ClNO4. The van der Waals surface area contributed by atoms with Gasteiger partial charge in [0, 0.05) is 28.3 Å². The maximum Gasteiger partial charge on any atom is 0.336 e. The molecule has 1 aliphatic heterocycles. The highest BCUT2D eigenvalue weighted by atomic mass is 35.5. The topological polar surface area (TPSA) is 76.0 Å². The van der Waals surface area contributed by atoms with Crippen LogP contribution in [0.1, 0.15) is 61.6 Å². The summed E-state index contributed by atoms with van der Waals surface area (Å²) in [6, 6.07) is 27.8. The van der Waals surface area contributed by atoms with Gasteiger partial charge in [-0.15, -0.1) is 0 Å². The number of rotatable bonds is 10. The van der Waals surface area contributed by atoms with E-state index in [4.69, 9.17) is 16.3 Å². The van der Waals surface area contributed by atoms with E-state index in [0.717, 1.165) is 12.8 Å². The van der Waals surface area contributed by atoms with E-state index in [0.29, 0.717) is 28.4 Å². The number of allylic oxidation sites excluding steroid dienone is 1. The van der Waals surface area contributed by atoms with Crippen molar-refractivity contribution in [1.29, 1.82) is 0 Å². The molecule has 1 heterocycles. The quantitative estimate of drug-likeness (QED) is 0.219. The summed E-state index contributed by atoms with van der Waals surface area (Å²) < 4.78 is 5.70. The first kappa shape index (κ1) is 27.3. The van der Waals surface area contributed by atoms with Crippen LogP contribution in [-0.4, -0.2) is 29.4 Å². The first-order valence-corrected chi connectivity index (χ1v) is 13.3. The number of halogens is 1. The number of unbranched alkanes of at least 4 members (excludes halogenated alkanes) is 1. The number of carboxylic acid groups (broad SMARTS) is 1. The summed E-state index contributed by atoms with van der Waals surface area (Å²) in [6.07, 6.45) is 2.48. The van der Waals surface area contributed by atoms with Crippen LogP contribution in [0.3, 0.4) is 0 Å². The van der Waals surface area contributed by atoms with E-state index < -0.39 is 23.8 Å². The Morgan fingerprint density at radius 1 is 0.921 bits per heavy atom. The molecule has 4 rings (SSSR count). The number of benzene rings is 3. The molecule has 196 valence electrons. The van der Waals surface area contributed by atoms with Gasteiger partial charge < -0.3 is 9.84 Å². The minimum Gasteiger partial charge on any atom is -0.481 e. The van der Waals surface area contributed by atoms with Gasteiger partial charge in [0.2, 0.25) is 0 Å². The molecule has 0 radical (unpaired) electrons. The maximum atomic E-state index is 13.3. The van der Waals surface area contributed by atoms with Crippen molar-refractivity contribution in [2.75, 3.05) is 6.61 Å². The molecule has 0 amide bonds. The van der Waals surface area contributed by atoms with Gasteiger partial charge in [0.05, 0.1) is 12.2 Å². The Balaban J connectivity index is 1.44. The highest BCUT2D eigenvalue weighted by molar-refractivity contribution is 6.30. The predicted molar refractivity (Wildman–Crippen MR) is 151 cm³/mol. The molecule has 0 aromatic heterocycles. The van der Waals surface area contributed by atoms with Crippen molar-refractivity contribution in [2.24, 2.45) is 10.9 Å². The second-order valence-corrected chi connectivity index (χ2v) is 10.0. The standard InChI is InChI=1S/C32H32ClNO4/c1-21-28(31(35)36)30(25-16-11-17-26(33)20-25)29(22(2)34-21)32(37)38-19-10-9-18-27(23-12-5-3-6-13-23)24-14-7-4-8-15-24/h3-8,11-17,20,27-28,30H,9-10,18-19H2,1-2H3,(H,35,36). The average Bonchev–Trinajstić information content (AvgIpc) is 2.91. The van der Waals surface area contributed by atoms with Crippen molar-refractivity contribution in [3.05, 3.63) is 118 Å². The summed E-state index contributed by atoms with van der Waals surface area (Å²) in [5.41, 5.74) is 4.37. The number of ether oxygens (including phenoxy) is 1. The Morgan fingerprint density at radius 3 is 2.13 bits per heavy atom. The predicted octanol–water partition coefficient (Wildman–Crippen LogP) is 7.42. The van der Waals surface area contributed by atoms with Crippen molar-refractivity contribution in [3.63, 3.8) is 0 Å². The fraction of sp³-hybridized carbons (Fsp3) is 0.281. The SMILES string of the molecule is CC1=NC(C)=C(C(=O)OCCCCC(c2ccccc2)c2ccccc2)C(c2cccc(Cl)c2)C1C(=O)O. The van der Waals surface area contributed by atoms with Gasteiger partial charge in [0.1, 0.15) is 5.92 Å². The van der Waals surface area contributed by atoms with E-state index >= 15 is 0 Å². The maximum absolute atomic E-state index is 13.3. The molecule has 1 N–H and O–H groups in total. The Bertz CT molecular complexity index is 1290. The summed E-state index contributed by atoms with van der Waals surface area (Å²) in [6.45, 7) is 3.65. The van der Waals surface area contributed by atoms with Gasteiger partial charge >= 0.3 is 11.9 Å². The van der Waals surface area contributed by atoms with Crippen LogP contribution in [0, 0.1) is 5.92 Å². The molecule has 6 heteroatoms. The van der Waals surface area contributed by atoms with Crippen molar-refractivity contribution in [1.82, 2.24) is 0 Å². The van der Waals surface area contributed by atoms with Gasteiger partial charge in [-0.05, 0) is 61.9 Å². The molecule has 3 aromatic rings. The zero-order chi connectivity index (χ0) is 27.1. The summed E-state index contributed by atoms with van der Waals surface area (Å²) in [4.78, 5) is 29.9. The molecule has 2 unspecified atom stereocenters. The average molecular weight is 530 g/mol. The third kappa shape index (κ3) is 6.40. The van der Waals surface area contributed by atoms with Gasteiger partial charge in [0.15, 0.2) is 0 Å². The second kappa shape index (κ2) is 12.7. The Morgan fingerprint density at radius 2 is 1.55 bits per heavy atom. The summed E-state index contributed by atoms with van der Waals surface area (Å²) in [5.74, 6) is -3.01. The number of hydrogen-bond donors (Lipinski definition) is 1. The first-order chi connectivity index (χ1) is 18.4. The van der Waals surface area contributed by atoms with E-state index in [1.54, 1.807) is 38.1 Å². The van der Waals surface area contributed by atoms with E-state index in [-0.39, 0.29) is 18.1 Å². The summed E-state index contributed by atoms with van der Waals surface area (Å²) >= 11 is 6.21. The van der Waals surface area contributed by atoms with E-state index in [9.17, 15) is 14.7 Å². The normalized spacial score (nSPS) is 17.3. The number of aliphatic imine (C=N–C) groups is 1. The number of carbonyl (C=O) groups is 2. The third-order valence-electron chi connectivity index (χ3n) is 7.05. The van der Waals surface area contributed by atoms with Gasteiger partial charge in [0.25, 0.3) is 0 Å². The van der Waals surface area contributed by atoms with Crippen LogP contribution in [-0.2, 0) is 14.3 Å². The number of hydrogen-bond acceptors (Lipinski definition) is 4. The Hall–Kier alpha value is -3.70. The van der Waals surface area contributed by atoms with Crippen LogP contribution >= 0.6 is 11.6 Å². The summed E-state index contributed by atoms with van der Waals surface area (Å²) in [5, 5.41) is 10.5. The smallest absolute Gasteiger partial charge is 0.336 e. The molecule has 0 saturated heterocycles. The Labute approximate surface area is 228 Å². The molecular weight excluding hydrogens is 498 g/mol. The molecule has 5 nitrogen and oxygen atoms in total. The molecule has 0 spiro atoms. The molecule has 0 fully saturated rings. The number of nitrogens with zero attached hydrogens (tertiary/aromatic N) is 1. The van der Waals surface area contributed by atoms with Crippen LogP contribution in [0.2, 0.25) is 5.02 Å². The minimum absolute atomic E-state index is 0.245. The molecule has 3 aromatic carbocycles. The van der Waals surface area contributed by atoms with Crippen LogP contribution in [0.15, 0.2) is 101 Å². The highest BCUT2D eigenvalue weighted by Crippen LogP contribution is 2.40. The summed E-state index contributed by atoms with van der Waals surface area (Å²) in [7, 11) is 0. The van der Waals surface area contributed by atoms with Crippen LogP contribution in [0.5, 0.6) is 0 Å². The van der Waals surface area contributed by atoms with E-state index in [1.807, 2.05) is 12.1 Å². The number of carbonyl (C=O) groups excluding carboxylic acids is 1. The monoisotopic (exact) mass is 529 g/mol. The van der Waals surface area contributed by atoms with Crippen LogP contribution in [0.25, 0.3) is 0 Å². The fourth-order valence-electron chi connectivity index (χ4n) is 5.27. The van der Waals surface area contributed by atoms with Crippen LogP contribution in [0.4, 0.5) is 0 Å². The lowest BCUT2D eigenvalue weighted by Gasteiger charge is -2.30. The van der Waals surface area contributed by atoms with Crippen molar-refractivity contribution < 1.29 is 19.4 Å². The molecule has 0 saturated carbocycles. The third-order valence-corrected chi connectivity index (χ3v) is 7.28. The zero-order valence-electron chi connectivity index (χ0n) is 21.6. The number of esters is 1. The zero-order valence-corrected chi connectivity index (χ0v) is 22.4. The van der Waals surface area contributed by atoms with E-state index in [1.165, 1.54) is 11.1 Å². The second-order valence-electron chi connectivity index (χ2n) is 9.61. The van der Waals surface area contributed by atoms with Gasteiger partial charge in [-0.1, -0.05) is 84.4 Å². The Kier molecular flexibility index (Phi) is 9.14. The van der Waals surface area contributed by atoms with Crippen molar-refractivity contribution >= 4 is 29.3 Å². The number of carboxylic acids is 1. The molecule has 0 bridgehead atoms. The number of aliphatic carboxylic acids is 1. The molecule has 1 aliphatic rings. The lowest BCUT2D eigenvalue weighted by molar-refractivity contribution is -0.141. The van der Waals surface area contributed by atoms with Crippen molar-refractivity contribution in [2.45, 2.75) is 44.9 Å². The molecule has 38 heavy (non-hydrogen) atoms. The molecule has 2 atom stereocenters. The highest BCUT2D eigenvalue weighted by Gasteiger charge is 2.41. The van der Waals surface area contributed by atoms with Crippen molar-refractivity contribution in [3.8, 4) is 0 Å². The van der Waals surface area contributed by atoms with Gasteiger partial charge in [-0.3, -0.25) is 9.79 Å². The minimum atomic E-state index is -1.04.